The van der Waals surface area contributed by atoms with Gasteiger partial charge in [0.2, 0.25) is 0 Å². The number of ketones is 1. The van der Waals surface area contributed by atoms with Crippen molar-refractivity contribution < 1.29 is 4.79 Å². The van der Waals surface area contributed by atoms with E-state index in [2.05, 4.69) is 19.1 Å². The third-order valence-electron chi connectivity index (χ3n) is 4.93. The van der Waals surface area contributed by atoms with Gasteiger partial charge in [0.25, 0.3) is 0 Å². The highest BCUT2D eigenvalue weighted by Gasteiger charge is 2.08. The normalized spacial score (nSPS) is 11.3. The fraction of sp³-hybridized carbons (Fsp3) is 0.625. The predicted molar refractivity (Wildman–Crippen MR) is 115 cm³/mol. The largest absolute Gasteiger partial charge is 0.398 e. The summed E-state index contributed by atoms with van der Waals surface area (Å²) >= 11 is 0. The van der Waals surface area contributed by atoms with Gasteiger partial charge in [-0.05, 0) is 44.2 Å². The fourth-order valence-corrected chi connectivity index (χ4v) is 3.24. The number of benzene rings is 1. The summed E-state index contributed by atoms with van der Waals surface area (Å²) in [5, 5.41) is 0. The summed E-state index contributed by atoms with van der Waals surface area (Å²) in [5.74, 6) is 0.181. The molecule has 0 bridgehead atoms. The molecule has 146 valence electrons. The van der Waals surface area contributed by atoms with E-state index < -0.39 is 0 Å². The summed E-state index contributed by atoms with van der Waals surface area (Å²) in [5.41, 5.74) is 7.14. The molecule has 0 atom stereocenters. The third-order valence-corrected chi connectivity index (χ3v) is 4.93. The summed E-state index contributed by atoms with van der Waals surface area (Å²) in [6.45, 7) is 2.27. The number of para-hydroxylation sites is 1. The number of anilines is 1. The van der Waals surface area contributed by atoms with Gasteiger partial charge in [0.05, 0.1) is 0 Å². The van der Waals surface area contributed by atoms with Gasteiger partial charge >= 0.3 is 0 Å². The molecule has 1 rings (SSSR count). The van der Waals surface area contributed by atoms with E-state index in [0.29, 0.717) is 17.7 Å². The molecular weight excluding hydrogens is 318 g/mol. The van der Waals surface area contributed by atoms with Gasteiger partial charge in [-0.15, -0.1) is 0 Å². The lowest BCUT2D eigenvalue weighted by Crippen LogP contribution is -2.03. The molecule has 0 aliphatic heterocycles. The van der Waals surface area contributed by atoms with Crippen LogP contribution in [0.2, 0.25) is 0 Å². The minimum absolute atomic E-state index is 0.181. The zero-order valence-corrected chi connectivity index (χ0v) is 16.8. The molecule has 0 aliphatic rings. The van der Waals surface area contributed by atoms with Gasteiger partial charge in [-0.3, -0.25) is 4.79 Å². The molecule has 0 spiro atoms. The smallest absolute Gasteiger partial charge is 0.164 e. The van der Waals surface area contributed by atoms with Gasteiger partial charge in [-0.1, -0.05) is 82.6 Å². The predicted octanol–water partition coefficient (Wildman–Crippen LogP) is 7.49. The van der Waals surface area contributed by atoms with Crippen LogP contribution in [0.3, 0.4) is 0 Å². The van der Waals surface area contributed by atoms with E-state index in [1.807, 2.05) is 18.2 Å². The Morgan fingerprint density at radius 2 is 1.35 bits per heavy atom. The lowest BCUT2D eigenvalue weighted by molar-refractivity contribution is 0.0980. The monoisotopic (exact) mass is 357 g/mol. The van der Waals surface area contributed by atoms with Crippen molar-refractivity contribution in [3.05, 3.63) is 42.0 Å². The van der Waals surface area contributed by atoms with Gasteiger partial charge in [0.1, 0.15) is 0 Å². The molecule has 2 heteroatoms. The highest BCUT2D eigenvalue weighted by molar-refractivity contribution is 6.00. The molecule has 0 saturated carbocycles. The van der Waals surface area contributed by atoms with Crippen LogP contribution in [-0.4, -0.2) is 5.78 Å². The van der Waals surface area contributed by atoms with E-state index in [-0.39, 0.29) is 5.78 Å². The number of unbranched alkanes of at least 4 members (excludes halogenated alkanes) is 11. The molecule has 0 fully saturated rings. The maximum absolute atomic E-state index is 12.1. The Morgan fingerprint density at radius 3 is 1.96 bits per heavy atom. The number of Topliss-reactive ketones (excluding diaryl/α,β-unsaturated/α-hetero) is 1. The summed E-state index contributed by atoms with van der Waals surface area (Å²) in [4.78, 5) is 12.1. The van der Waals surface area contributed by atoms with E-state index >= 15 is 0 Å². The number of nitrogen functional groups attached to an aromatic ring is 1. The molecule has 2 N–H and O–H groups in total. The fourth-order valence-electron chi connectivity index (χ4n) is 3.24. The van der Waals surface area contributed by atoms with Crippen molar-refractivity contribution in [1.29, 1.82) is 0 Å². The van der Waals surface area contributed by atoms with Crippen molar-refractivity contribution in [3.8, 4) is 0 Å². The molecule has 1 aromatic rings. The number of allylic oxidation sites excluding steroid dienone is 2. The second-order valence-corrected chi connectivity index (χ2v) is 7.34. The lowest BCUT2D eigenvalue weighted by atomic mass is 10.0. The van der Waals surface area contributed by atoms with E-state index in [0.717, 1.165) is 12.8 Å². The molecule has 0 amide bonds. The summed E-state index contributed by atoms with van der Waals surface area (Å²) in [6.07, 6.45) is 21.9. The molecule has 0 heterocycles. The molecule has 0 aliphatic carbocycles. The second-order valence-electron chi connectivity index (χ2n) is 7.34. The SMILES string of the molecule is CCCCCCCCC=CCCCCCCCC(=O)c1ccccc1N. The average Bonchev–Trinajstić information content (AvgIpc) is 2.65. The first-order chi connectivity index (χ1) is 12.8. The van der Waals surface area contributed by atoms with Gasteiger partial charge in [0, 0.05) is 17.7 Å². The average molecular weight is 358 g/mol. The zero-order chi connectivity index (χ0) is 18.9. The minimum atomic E-state index is 0.181. The summed E-state index contributed by atoms with van der Waals surface area (Å²) in [7, 11) is 0. The Hall–Kier alpha value is -1.57. The number of carbonyl (C=O) groups is 1. The van der Waals surface area contributed by atoms with Gasteiger partial charge in [-0.25, -0.2) is 0 Å². The first-order valence-corrected chi connectivity index (χ1v) is 10.8. The van der Waals surface area contributed by atoms with Crippen molar-refractivity contribution in [1.82, 2.24) is 0 Å². The maximum Gasteiger partial charge on any atom is 0.164 e. The highest BCUT2D eigenvalue weighted by atomic mass is 16.1. The first kappa shape index (κ1) is 22.5. The van der Waals surface area contributed by atoms with Crippen LogP contribution >= 0.6 is 0 Å². The molecule has 0 radical (unpaired) electrons. The first-order valence-electron chi connectivity index (χ1n) is 10.8. The molecule has 0 unspecified atom stereocenters. The molecule has 26 heavy (non-hydrogen) atoms. The van der Waals surface area contributed by atoms with Crippen molar-refractivity contribution >= 4 is 11.5 Å². The molecule has 2 nitrogen and oxygen atoms in total. The third kappa shape index (κ3) is 11.1. The van der Waals surface area contributed by atoms with Gasteiger partial charge in [-0.2, -0.15) is 0 Å². The molecular formula is C24H39NO. The van der Waals surface area contributed by atoms with Crippen molar-refractivity contribution in [2.45, 2.75) is 96.8 Å². The van der Waals surface area contributed by atoms with Crippen molar-refractivity contribution in [3.63, 3.8) is 0 Å². The van der Waals surface area contributed by atoms with Crippen molar-refractivity contribution in [2.24, 2.45) is 0 Å². The van der Waals surface area contributed by atoms with Crippen LogP contribution in [0.25, 0.3) is 0 Å². The van der Waals surface area contributed by atoms with E-state index in [1.54, 1.807) is 6.07 Å². The van der Waals surface area contributed by atoms with Gasteiger partial charge < -0.3 is 5.73 Å². The van der Waals surface area contributed by atoms with Crippen LogP contribution in [-0.2, 0) is 0 Å². The number of hydrogen-bond acceptors (Lipinski definition) is 2. The number of rotatable bonds is 16. The molecule has 1 aromatic carbocycles. The van der Waals surface area contributed by atoms with Crippen LogP contribution in [0, 0.1) is 0 Å². The number of carbonyl (C=O) groups excluding carboxylic acids is 1. The van der Waals surface area contributed by atoms with E-state index in [1.165, 1.54) is 70.6 Å². The summed E-state index contributed by atoms with van der Waals surface area (Å²) in [6, 6.07) is 7.38. The lowest BCUT2D eigenvalue weighted by Gasteiger charge is -2.04. The zero-order valence-electron chi connectivity index (χ0n) is 16.8. The van der Waals surface area contributed by atoms with Gasteiger partial charge in [0.15, 0.2) is 5.78 Å². The van der Waals surface area contributed by atoms with Crippen LogP contribution in [0.5, 0.6) is 0 Å². The Labute approximate surface area is 161 Å². The van der Waals surface area contributed by atoms with Crippen molar-refractivity contribution in [2.75, 3.05) is 5.73 Å². The quantitative estimate of drug-likeness (QED) is 0.144. The molecule has 0 saturated heterocycles. The minimum Gasteiger partial charge on any atom is -0.398 e. The standard InChI is InChI=1S/C24H39NO/c1-2-3-4-5-6-7-8-9-10-11-12-13-14-15-16-21-24(26)22-19-17-18-20-23(22)25/h9-10,17-20H,2-8,11-16,21,25H2,1H3. The number of hydrogen-bond donors (Lipinski definition) is 1. The Kier molecular flexibility index (Phi) is 13.5. The van der Waals surface area contributed by atoms with Crippen LogP contribution in [0.4, 0.5) is 5.69 Å². The summed E-state index contributed by atoms with van der Waals surface area (Å²) < 4.78 is 0. The van der Waals surface area contributed by atoms with E-state index in [9.17, 15) is 4.79 Å². The van der Waals surface area contributed by atoms with E-state index in [4.69, 9.17) is 5.73 Å². The maximum atomic E-state index is 12.1. The Balaban J connectivity index is 1.90. The second kappa shape index (κ2) is 15.7. The number of nitrogens with two attached hydrogens (primary N) is 1. The molecule has 0 aromatic heterocycles. The highest BCUT2D eigenvalue weighted by Crippen LogP contribution is 2.16. The van der Waals surface area contributed by atoms with Crippen LogP contribution in [0.15, 0.2) is 36.4 Å². The Bertz CT molecular complexity index is 507. The van der Waals surface area contributed by atoms with Crippen LogP contribution < -0.4 is 5.73 Å². The topological polar surface area (TPSA) is 43.1 Å². The van der Waals surface area contributed by atoms with Crippen LogP contribution in [0.1, 0.15) is 107 Å². The Morgan fingerprint density at radius 1 is 0.808 bits per heavy atom.